The molecule has 2 aromatic rings. The second-order valence-electron chi connectivity index (χ2n) is 4.49. The van der Waals surface area contributed by atoms with E-state index >= 15 is 0 Å². The van der Waals surface area contributed by atoms with Gasteiger partial charge >= 0.3 is 0 Å². The van der Waals surface area contributed by atoms with Crippen LogP contribution in [0.25, 0.3) is 5.52 Å². The molecule has 0 aliphatic rings. The average Bonchev–Trinajstić information content (AvgIpc) is 2.81. The van der Waals surface area contributed by atoms with Crippen molar-refractivity contribution in [1.29, 1.82) is 0 Å². The topological polar surface area (TPSA) is 76.5 Å². The molecule has 96 valence electrons. The van der Waals surface area contributed by atoms with Gasteiger partial charge < -0.3 is 10.6 Å². The molecule has 6 nitrogen and oxygen atoms in total. The Morgan fingerprint density at radius 3 is 3.06 bits per heavy atom. The van der Waals surface area contributed by atoms with E-state index in [-0.39, 0.29) is 11.8 Å². The average molecular weight is 247 g/mol. The molecule has 0 aliphatic heterocycles. The van der Waals surface area contributed by atoms with E-state index in [0.29, 0.717) is 18.7 Å². The van der Waals surface area contributed by atoms with Crippen molar-refractivity contribution >= 4 is 11.4 Å². The minimum absolute atomic E-state index is 0.0571. The van der Waals surface area contributed by atoms with Crippen LogP contribution in [0.1, 0.15) is 17.3 Å². The summed E-state index contributed by atoms with van der Waals surface area (Å²) in [4.78, 5) is 18.0. The maximum atomic E-state index is 12.3. The Morgan fingerprint density at radius 2 is 2.33 bits per heavy atom. The zero-order valence-corrected chi connectivity index (χ0v) is 10.6. The monoisotopic (exact) mass is 247 g/mol. The smallest absolute Gasteiger partial charge is 0.257 e. The maximum Gasteiger partial charge on any atom is 0.257 e. The highest BCUT2D eigenvalue weighted by Crippen LogP contribution is 2.11. The van der Waals surface area contributed by atoms with Gasteiger partial charge in [-0.1, -0.05) is 6.92 Å². The van der Waals surface area contributed by atoms with Gasteiger partial charge in [0.15, 0.2) is 0 Å². The van der Waals surface area contributed by atoms with E-state index in [1.54, 1.807) is 41.3 Å². The van der Waals surface area contributed by atoms with Crippen LogP contribution in [-0.2, 0) is 0 Å². The van der Waals surface area contributed by atoms with Crippen LogP contribution in [0.2, 0.25) is 0 Å². The van der Waals surface area contributed by atoms with E-state index in [1.807, 2.05) is 6.92 Å². The quantitative estimate of drug-likeness (QED) is 0.848. The molecule has 1 atom stereocenters. The predicted molar refractivity (Wildman–Crippen MR) is 68.2 cm³/mol. The minimum Gasteiger partial charge on any atom is -0.341 e. The molecule has 0 aliphatic carbocycles. The van der Waals surface area contributed by atoms with Crippen molar-refractivity contribution in [3.63, 3.8) is 0 Å². The molecule has 0 saturated carbocycles. The normalized spacial score (nSPS) is 12.6. The third-order valence-corrected chi connectivity index (χ3v) is 2.89. The van der Waals surface area contributed by atoms with Gasteiger partial charge in [-0.25, -0.2) is 4.52 Å². The first-order valence-corrected chi connectivity index (χ1v) is 5.86. The van der Waals surface area contributed by atoms with Crippen LogP contribution in [0.3, 0.4) is 0 Å². The molecular weight excluding hydrogens is 230 g/mol. The molecular formula is C12H17N5O. The number of carbonyl (C=O) groups is 1. The fourth-order valence-electron chi connectivity index (χ4n) is 1.83. The van der Waals surface area contributed by atoms with E-state index in [4.69, 9.17) is 5.73 Å². The third kappa shape index (κ3) is 2.33. The van der Waals surface area contributed by atoms with Crippen LogP contribution in [-0.4, -0.2) is 45.5 Å². The second-order valence-corrected chi connectivity index (χ2v) is 4.49. The Labute approximate surface area is 105 Å². The van der Waals surface area contributed by atoms with Crippen LogP contribution in [0.15, 0.2) is 24.8 Å². The van der Waals surface area contributed by atoms with Crippen molar-refractivity contribution in [1.82, 2.24) is 19.5 Å². The molecule has 0 bridgehead atoms. The highest BCUT2D eigenvalue weighted by molar-refractivity contribution is 6.00. The van der Waals surface area contributed by atoms with Gasteiger partial charge in [-0.05, 0) is 12.5 Å². The van der Waals surface area contributed by atoms with E-state index in [2.05, 4.69) is 10.1 Å². The van der Waals surface area contributed by atoms with Gasteiger partial charge in [0.05, 0.1) is 23.5 Å². The van der Waals surface area contributed by atoms with Gasteiger partial charge in [0.1, 0.15) is 0 Å². The summed E-state index contributed by atoms with van der Waals surface area (Å²) in [5.74, 6) is 0.220. The maximum absolute atomic E-state index is 12.3. The lowest BCUT2D eigenvalue weighted by molar-refractivity contribution is 0.0779. The number of aromatic nitrogens is 3. The van der Waals surface area contributed by atoms with Gasteiger partial charge in [0, 0.05) is 26.0 Å². The van der Waals surface area contributed by atoms with Crippen LogP contribution in [0.4, 0.5) is 0 Å². The predicted octanol–water partition coefficient (Wildman–Crippen LogP) is 0.396. The Morgan fingerprint density at radius 1 is 1.56 bits per heavy atom. The molecule has 2 N–H and O–H groups in total. The third-order valence-electron chi connectivity index (χ3n) is 2.89. The summed E-state index contributed by atoms with van der Waals surface area (Å²) in [6.07, 6.45) is 6.56. The zero-order valence-electron chi connectivity index (χ0n) is 10.6. The summed E-state index contributed by atoms with van der Waals surface area (Å²) in [6, 6.07) is 0. The Kier molecular flexibility index (Phi) is 3.57. The number of nitrogens with zero attached hydrogens (tertiary/aromatic N) is 4. The van der Waals surface area contributed by atoms with Crippen molar-refractivity contribution in [3.8, 4) is 0 Å². The first kappa shape index (κ1) is 12.5. The summed E-state index contributed by atoms with van der Waals surface area (Å²) in [7, 11) is 1.77. The largest absolute Gasteiger partial charge is 0.341 e. The number of hydrogen-bond acceptors (Lipinski definition) is 4. The first-order chi connectivity index (χ1) is 8.63. The Hall–Kier alpha value is -1.95. The molecule has 0 spiro atoms. The number of hydrogen-bond donors (Lipinski definition) is 1. The molecule has 0 aromatic carbocycles. The summed E-state index contributed by atoms with van der Waals surface area (Å²) in [5.41, 5.74) is 6.85. The molecule has 2 rings (SSSR count). The lowest BCUT2D eigenvalue weighted by Gasteiger charge is -2.20. The van der Waals surface area contributed by atoms with Crippen LogP contribution >= 0.6 is 0 Å². The summed E-state index contributed by atoms with van der Waals surface area (Å²) in [5, 5.41) is 4.13. The fraction of sp³-hybridized carbons (Fsp3) is 0.417. The standard InChI is InChI=1S/C12H17N5O/c1-9(5-13)8-16(2)12(18)10-6-15-17-4-3-14-7-11(10)17/h3-4,6-7,9H,5,8,13H2,1-2H3. The molecule has 1 unspecified atom stereocenters. The van der Waals surface area contributed by atoms with Gasteiger partial charge in [-0.15, -0.1) is 0 Å². The lowest BCUT2D eigenvalue weighted by atomic mass is 10.1. The molecule has 2 heterocycles. The summed E-state index contributed by atoms with van der Waals surface area (Å²) < 4.78 is 1.64. The molecule has 1 amide bonds. The van der Waals surface area contributed by atoms with E-state index < -0.39 is 0 Å². The van der Waals surface area contributed by atoms with Gasteiger partial charge in [0.25, 0.3) is 5.91 Å². The SMILES string of the molecule is CC(CN)CN(C)C(=O)c1cnn2ccncc12. The number of rotatable bonds is 4. The van der Waals surface area contributed by atoms with E-state index in [1.165, 1.54) is 0 Å². The first-order valence-electron chi connectivity index (χ1n) is 5.86. The zero-order chi connectivity index (χ0) is 13.1. The highest BCUT2D eigenvalue weighted by atomic mass is 16.2. The summed E-state index contributed by atoms with van der Waals surface area (Å²) in [6.45, 7) is 3.21. The van der Waals surface area contributed by atoms with Gasteiger partial charge in [-0.2, -0.15) is 5.10 Å². The van der Waals surface area contributed by atoms with E-state index in [9.17, 15) is 4.79 Å². The fourth-order valence-corrected chi connectivity index (χ4v) is 1.83. The van der Waals surface area contributed by atoms with Crippen molar-refractivity contribution in [2.45, 2.75) is 6.92 Å². The number of nitrogens with two attached hydrogens (primary N) is 1. The molecule has 18 heavy (non-hydrogen) atoms. The molecule has 0 radical (unpaired) electrons. The molecule has 6 heteroatoms. The number of amides is 1. The summed E-state index contributed by atoms with van der Waals surface area (Å²) >= 11 is 0. The van der Waals surface area contributed by atoms with Crippen molar-refractivity contribution in [3.05, 3.63) is 30.4 Å². The van der Waals surface area contributed by atoms with Crippen LogP contribution < -0.4 is 5.73 Å². The van der Waals surface area contributed by atoms with Crippen molar-refractivity contribution < 1.29 is 4.79 Å². The van der Waals surface area contributed by atoms with Crippen molar-refractivity contribution in [2.75, 3.05) is 20.1 Å². The van der Waals surface area contributed by atoms with Gasteiger partial charge in [0.2, 0.25) is 0 Å². The Bertz CT molecular complexity index is 550. The molecule has 0 saturated heterocycles. The molecule has 2 aromatic heterocycles. The number of carbonyl (C=O) groups excluding carboxylic acids is 1. The van der Waals surface area contributed by atoms with Crippen molar-refractivity contribution in [2.24, 2.45) is 11.7 Å². The van der Waals surface area contributed by atoms with Crippen LogP contribution in [0, 0.1) is 5.92 Å². The van der Waals surface area contributed by atoms with E-state index in [0.717, 1.165) is 5.52 Å². The Balaban J connectivity index is 2.23. The molecule has 0 fully saturated rings. The second kappa shape index (κ2) is 5.14. The minimum atomic E-state index is -0.0571. The lowest BCUT2D eigenvalue weighted by Crippen LogP contribution is -2.33. The van der Waals surface area contributed by atoms with Crippen LogP contribution in [0.5, 0.6) is 0 Å². The number of fused-ring (bicyclic) bond motifs is 1. The van der Waals surface area contributed by atoms with Gasteiger partial charge in [-0.3, -0.25) is 9.78 Å². The highest BCUT2D eigenvalue weighted by Gasteiger charge is 2.18.